The summed E-state index contributed by atoms with van der Waals surface area (Å²) in [5.41, 5.74) is 0. The van der Waals surface area contributed by atoms with Gasteiger partial charge in [0.1, 0.15) is 0 Å². The molecule has 0 saturated heterocycles. The Kier molecular flexibility index (Phi) is 71.8. The zero-order valence-corrected chi connectivity index (χ0v) is 56.7. The number of hydrogen-bond donors (Lipinski definition) is 3. The molecule has 0 radical (unpaired) electrons. The number of amides is 1. The summed E-state index contributed by atoms with van der Waals surface area (Å²) in [6.45, 7) is 5.00. The fourth-order valence-electron chi connectivity index (χ4n) is 12.5. The molecule has 6 nitrogen and oxygen atoms in total. The van der Waals surface area contributed by atoms with Gasteiger partial charge in [-0.05, 0) is 51.4 Å². The van der Waals surface area contributed by atoms with Gasteiger partial charge in [-0.1, -0.05) is 392 Å². The Bertz CT molecular complexity index is 1260. The summed E-state index contributed by atoms with van der Waals surface area (Å²) in [5, 5.41) is 23.4. The van der Waals surface area contributed by atoms with Crippen molar-refractivity contribution in [2.45, 2.75) is 456 Å². The van der Waals surface area contributed by atoms with E-state index in [-0.39, 0.29) is 18.5 Å². The fourth-order valence-corrected chi connectivity index (χ4v) is 12.5. The number of hydrogen-bond acceptors (Lipinski definition) is 5. The van der Waals surface area contributed by atoms with Crippen LogP contribution in [0.3, 0.4) is 0 Å². The minimum Gasteiger partial charge on any atom is -0.466 e. The Hall–Kier alpha value is -1.40. The Morgan fingerprint density at radius 3 is 0.855 bits per heavy atom. The normalized spacial score (nSPS) is 12.5. The van der Waals surface area contributed by atoms with Gasteiger partial charge in [0.2, 0.25) is 5.91 Å². The van der Waals surface area contributed by atoms with Crippen LogP contribution in [-0.2, 0) is 14.3 Å². The summed E-state index contributed by atoms with van der Waals surface area (Å²) >= 11 is 0. The largest absolute Gasteiger partial charge is 0.466 e. The third-order valence-corrected chi connectivity index (χ3v) is 18.3. The summed E-state index contributed by atoms with van der Waals surface area (Å²) < 4.78 is 5.48. The van der Waals surface area contributed by atoms with Crippen LogP contribution in [0, 0.1) is 0 Å². The van der Waals surface area contributed by atoms with Crippen LogP contribution in [0.15, 0.2) is 12.2 Å². The van der Waals surface area contributed by atoms with Crippen LogP contribution in [0.1, 0.15) is 444 Å². The lowest BCUT2D eigenvalue weighted by Gasteiger charge is -2.22. The Morgan fingerprint density at radius 2 is 0.566 bits per heavy atom. The molecule has 0 aromatic heterocycles. The highest BCUT2D eigenvalue weighted by atomic mass is 16.5. The number of esters is 1. The summed E-state index contributed by atoms with van der Waals surface area (Å²) in [6.07, 6.45) is 91.6. The molecule has 0 heterocycles. The van der Waals surface area contributed by atoms with Crippen molar-refractivity contribution in [3.05, 3.63) is 12.2 Å². The van der Waals surface area contributed by atoms with Crippen molar-refractivity contribution in [2.24, 2.45) is 0 Å². The molecule has 0 aliphatic heterocycles. The molecule has 0 aromatic carbocycles. The average Bonchev–Trinajstić information content (AvgIpc) is 3.50. The topological polar surface area (TPSA) is 95.9 Å². The van der Waals surface area contributed by atoms with E-state index in [2.05, 4.69) is 31.3 Å². The molecular weight excluding hydrogens is 1020 g/mol. The molecule has 0 spiro atoms. The average molecular weight is 1170 g/mol. The van der Waals surface area contributed by atoms with Gasteiger partial charge in [-0.15, -0.1) is 0 Å². The van der Waals surface area contributed by atoms with Crippen LogP contribution in [0.25, 0.3) is 0 Å². The predicted molar refractivity (Wildman–Crippen MR) is 366 cm³/mol. The highest BCUT2D eigenvalue weighted by Gasteiger charge is 2.20. The van der Waals surface area contributed by atoms with Crippen molar-refractivity contribution in [3.63, 3.8) is 0 Å². The van der Waals surface area contributed by atoms with Crippen molar-refractivity contribution in [1.82, 2.24) is 5.32 Å². The zero-order valence-electron chi connectivity index (χ0n) is 56.7. The summed E-state index contributed by atoms with van der Waals surface area (Å²) in [6, 6.07) is -0.538. The standard InChI is InChI=1S/C77H151NO5/c1-3-5-7-9-11-13-15-16-17-18-40-43-46-50-53-57-61-65-69-75(80)74(73-79)78-76(81)70-66-62-58-54-51-47-44-41-38-36-34-32-30-28-26-24-22-20-19-21-23-25-27-29-31-33-35-37-39-42-45-48-52-56-60-64-68-72-83-77(82)71-67-63-59-55-49-14-12-10-8-6-4-2/h19,21,74-75,79-80H,3-18,20,22-73H2,1-2H3,(H,78,81)/b21-19-. The Labute approximate surface area is 520 Å². The highest BCUT2D eigenvalue weighted by molar-refractivity contribution is 5.76. The minimum absolute atomic E-state index is 0.0221. The number of carbonyl (C=O) groups is 2. The second-order valence-corrected chi connectivity index (χ2v) is 26.7. The van der Waals surface area contributed by atoms with E-state index in [4.69, 9.17) is 4.74 Å². The maximum Gasteiger partial charge on any atom is 0.305 e. The lowest BCUT2D eigenvalue weighted by Crippen LogP contribution is -2.45. The van der Waals surface area contributed by atoms with Gasteiger partial charge < -0.3 is 20.3 Å². The molecule has 0 aromatic rings. The summed E-state index contributed by atoms with van der Waals surface area (Å²) in [5.74, 6) is -0.00410. The van der Waals surface area contributed by atoms with Crippen molar-refractivity contribution in [2.75, 3.05) is 13.2 Å². The van der Waals surface area contributed by atoms with E-state index >= 15 is 0 Å². The predicted octanol–water partition coefficient (Wildman–Crippen LogP) is 25.1. The Balaban J connectivity index is 3.33. The zero-order chi connectivity index (χ0) is 59.9. The van der Waals surface area contributed by atoms with E-state index in [1.165, 1.54) is 372 Å². The van der Waals surface area contributed by atoms with Gasteiger partial charge in [-0.3, -0.25) is 9.59 Å². The molecule has 2 unspecified atom stereocenters. The summed E-state index contributed by atoms with van der Waals surface area (Å²) in [7, 11) is 0. The van der Waals surface area contributed by atoms with Gasteiger partial charge in [0, 0.05) is 12.8 Å². The van der Waals surface area contributed by atoms with E-state index in [1.54, 1.807) is 0 Å². The van der Waals surface area contributed by atoms with Crippen LogP contribution in [0.5, 0.6) is 0 Å². The van der Waals surface area contributed by atoms with Gasteiger partial charge >= 0.3 is 5.97 Å². The quantitative estimate of drug-likeness (QED) is 0.0320. The lowest BCUT2D eigenvalue weighted by atomic mass is 10.0. The number of nitrogens with one attached hydrogen (secondary N) is 1. The minimum atomic E-state index is -0.661. The summed E-state index contributed by atoms with van der Waals surface area (Å²) in [4.78, 5) is 24.6. The van der Waals surface area contributed by atoms with Crippen LogP contribution < -0.4 is 5.32 Å². The molecule has 1 amide bonds. The molecule has 0 saturated carbocycles. The van der Waals surface area contributed by atoms with E-state index in [1.807, 2.05) is 0 Å². The molecule has 83 heavy (non-hydrogen) atoms. The number of aliphatic hydroxyl groups excluding tert-OH is 2. The smallest absolute Gasteiger partial charge is 0.305 e. The number of unbranched alkanes of at least 4 members (excludes halogenated alkanes) is 60. The van der Waals surface area contributed by atoms with Crippen LogP contribution in [0.2, 0.25) is 0 Å². The van der Waals surface area contributed by atoms with E-state index in [0.717, 1.165) is 38.5 Å². The first-order valence-electron chi connectivity index (χ1n) is 38.4. The lowest BCUT2D eigenvalue weighted by molar-refractivity contribution is -0.143. The molecule has 0 fully saturated rings. The van der Waals surface area contributed by atoms with Gasteiger partial charge in [0.15, 0.2) is 0 Å². The van der Waals surface area contributed by atoms with E-state index in [0.29, 0.717) is 25.9 Å². The number of aliphatic hydroxyl groups is 2. The Morgan fingerprint density at radius 1 is 0.325 bits per heavy atom. The molecular formula is C77H151NO5. The number of allylic oxidation sites excluding steroid dienone is 2. The first kappa shape index (κ1) is 81.6. The first-order valence-corrected chi connectivity index (χ1v) is 38.4. The maximum atomic E-state index is 12.5. The molecule has 6 heteroatoms. The highest BCUT2D eigenvalue weighted by Crippen LogP contribution is 2.20. The number of ether oxygens (including phenoxy) is 1. The van der Waals surface area contributed by atoms with Crippen molar-refractivity contribution in [3.8, 4) is 0 Å². The van der Waals surface area contributed by atoms with E-state index in [9.17, 15) is 19.8 Å². The maximum absolute atomic E-state index is 12.5. The van der Waals surface area contributed by atoms with Crippen molar-refractivity contribution < 1.29 is 24.5 Å². The second kappa shape index (κ2) is 73.1. The molecule has 494 valence electrons. The third kappa shape index (κ3) is 69.6. The molecule has 0 aliphatic carbocycles. The van der Waals surface area contributed by atoms with Crippen LogP contribution in [-0.4, -0.2) is 47.4 Å². The first-order chi connectivity index (χ1) is 41.0. The monoisotopic (exact) mass is 1170 g/mol. The molecule has 2 atom stereocenters. The van der Waals surface area contributed by atoms with E-state index < -0.39 is 12.1 Å². The van der Waals surface area contributed by atoms with Gasteiger partial charge in [-0.25, -0.2) is 0 Å². The fraction of sp³-hybridized carbons (Fsp3) is 0.948. The molecule has 0 bridgehead atoms. The van der Waals surface area contributed by atoms with Gasteiger partial charge in [-0.2, -0.15) is 0 Å². The number of rotatable bonds is 73. The van der Waals surface area contributed by atoms with Crippen LogP contribution >= 0.6 is 0 Å². The molecule has 0 rings (SSSR count). The second-order valence-electron chi connectivity index (χ2n) is 26.7. The SMILES string of the molecule is CCCCCCCCCCCCCCCCCCCCC(O)C(CO)NC(=O)CCCCCCCCCCCCCCCCCCC/C=C\CCCCCCCCCCCCCCCCCCOC(=O)CCCCCCCCCCCCC. The van der Waals surface area contributed by atoms with Crippen LogP contribution in [0.4, 0.5) is 0 Å². The molecule has 0 aliphatic rings. The van der Waals surface area contributed by atoms with Crippen molar-refractivity contribution >= 4 is 11.9 Å². The van der Waals surface area contributed by atoms with Gasteiger partial charge in [0.25, 0.3) is 0 Å². The third-order valence-electron chi connectivity index (χ3n) is 18.3. The van der Waals surface area contributed by atoms with Crippen molar-refractivity contribution in [1.29, 1.82) is 0 Å². The van der Waals surface area contributed by atoms with Gasteiger partial charge in [0.05, 0.1) is 25.4 Å². The number of carbonyl (C=O) groups excluding carboxylic acids is 2. The molecule has 3 N–H and O–H groups in total.